The molecule has 0 aromatic heterocycles. The third-order valence-corrected chi connectivity index (χ3v) is 5.72. The van der Waals surface area contributed by atoms with Gasteiger partial charge in [0.2, 0.25) is 0 Å². The van der Waals surface area contributed by atoms with E-state index in [4.69, 9.17) is 46.4 Å². The second kappa shape index (κ2) is 10.8. The highest BCUT2D eigenvalue weighted by Crippen LogP contribution is 2.40. The summed E-state index contributed by atoms with van der Waals surface area (Å²) in [6, 6.07) is 5.74. The molecule has 154 valence electrons. The van der Waals surface area contributed by atoms with E-state index in [9.17, 15) is 10.2 Å². The first-order chi connectivity index (χ1) is 13.3. The number of halogens is 4. The fourth-order valence-corrected chi connectivity index (χ4v) is 4.81. The van der Waals surface area contributed by atoms with Crippen molar-refractivity contribution in [1.82, 2.24) is 10.6 Å². The van der Waals surface area contributed by atoms with Gasteiger partial charge in [-0.1, -0.05) is 60.3 Å². The van der Waals surface area contributed by atoms with E-state index in [1.807, 2.05) is 13.8 Å². The highest BCUT2D eigenvalue weighted by Gasteiger charge is 2.23. The van der Waals surface area contributed by atoms with E-state index in [-0.39, 0.29) is 23.6 Å². The summed E-state index contributed by atoms with van der Waals surface area (Å²) in [5, 5.41) is 27.9. The van der Waals surface area contributed by atoms with Crippen LogP contribution in [0.4, 0.5) is 0 Å². The second-order valence-corrected chi connectivity index (χ2v) is 8.07. The maximum absolute atomic E-state index is 9.70. The van der Waals surface area contributed by atoms with Crippen LogP contribution in [0.15, 0.2) is 24.3 Å². The summed E-state index contributed by atoms with van der Waals surface area (Å²) in [5.74, 6) is 0.0596. The number of hydrogen-bond donors (Lipinski definition) is 4. The third kappa shape index (κ3) is 5.82. The zero-order chi connectivity index (χ0) is 20.8. The molecule has 0 amide bonds. The van der Waals surface area contributed by atoms with E-state index < -0.39 is 0 Å². The van der Waals surface area contributed by atoms with Gasteiger partial charge in [0.15, 0.2) is 0 Å². The van der Waals surface area contributed by atoms with Gasteiger partial charge in [0.1, 0.15) is 11.5 Å². The van der Waals surface area contributed by atoms with Crippen LogP contribution in [0.2, 0.25) is 20.1 Å². The Labute approximate surface area is 185 Å². The lowest BCUT2D eigenvalue weighted by Crippen LogP contribution is -2.26. The zero-order valence-corrected chi connectivity index (χ0v) is 18.7. The Bertz CT molecular complexity index is 703. The number of nitrogens with one attached hydrogen (secondary N) is 2. The van der Waals surface area contributed by atoms with Crippen molar-refractivity contribution in [3.63, 3.8) is 0 Å². The van der Waals surface area contributed by atoms with Crippen LogP contribution in [0.5, 0.6) is 11.5 Å². The predicted molar refractivity (Wildman–Crippen MR) is 118 cm³/mol. The molecule has 0 aliphatic heterocycles. The fourth-order valence-electron chi connectivity index (χ4n) is 3.33. The number of phenols is 2. The van der Waals surface area contributed by atoms with Crippen LogP contribution in [0.25, 0.3) is 0 Å². The Morgan fingerprint density at radius 1 is 0.679 bits per heavy atom. The van der Waals surface area contributed by atoms with Crippen LogP contribution in [-0.2, 0) is 0 Å². The minimum absolute atomic E-state index is 0.0298. The summed E-state index contributed by atoms with van der Waals surface area (Å²) in [4.78, 5) is 0. The first-order valence-electron chi connectivity index (χ1n) is 9.11. The molecule has 0 aliphatic carbocycles. The highest BCUT2D eigenvalue weighted by atomic mass is 35.5. The molecule has 0 saturated heterocycles. The molecule has 2 aromatic carbocycles. The molecule has 2 rings (SSSR count). The first kappa shape index (κ1) is 23.4. The number of phenolic OH excluding ortho intramolecular Hbond substituents is 2. The minimum atomic E-state index is -0.110. The fraction of sp³-hybridized carbons (Fsp3) is 0.400. The van der Waals surface area contributed by atoms with Gasteiger partial charge in [-0.25, -0.2) is 0 Å². The number of rotatable bonds is 9. The number of aromatic hydroxyl groups is 2. The van der Waals surface area contributed by atoms with Gasteiger partial charge in [-0.2, -0.15) is 0 Å². The molecule has 2 aromatic rings. The van der Waals surface area contributed by atoms with Crippen molar-refractivity contribution < 1.29 is 10.2 Å². The van der Waals surface area contributed by atoms with Crippen LogP contribution in [0.1, 0.15) is 49.9 Å². The highest BCUT2D eigenvalue weighted by molar-refractivity contribution is 6.37. The summed E-state index contributed by atoms with van der Waals surface area (Å²) >= 11 is 25.4. The molecule has 4 nitrogen and oxygen atoms in total. The van der Waals surface area contributed by atoms with Crippen molar-refractivity contribution >= 4 is 46.4 Å². The molecule has 2 unspecified atom stereocenters. The maximum atomic E-state index is 9.70. The van der Waals surface area contributed by atoms with Crippen LogP contribution in [0.3, 0.4) is 0 Å². The first-order valence-corrected chi connectivity index (χ1v) is 10.6. The molecule has 0 saturated carbocycles. The summed E-state index contributed by atoms with van der Waals surface area (Å²) in [7, 11) is 0. The molecule has 0 radical (unpaired) electrons. The van der Waals surface area contributed by atoms with Crippen molar-refractivity contribution in [3.8, 4) is 11.5 Å². The Morgan fingerprint density at radius 2 is 0.964 bits per heavy atom. The van der Waals surface area contributed by atoms with Gasteiger partial charge in [0.05, 0.1) is 20.1 Å². The van der Waals surface area contributed by atoms with Crippen molar-refractivity contribution in [1.29, 1.82) is 0 Å². The molecule has 0 aliphatic rings. The van der Waals surface area contributed by atoms with Crippen LogP contribution < -0.4 is 10.6 Å². The molecule has 8 heteroatoms. The van der Waals surface area contributed by atoms with Gasteiger partial charge < -0.3 is 20.8 Å². The number of hydrogen-bond acceptors (Lipinski definition) is 4. The summed E-state index contributed by atoms with van der Waals surface area (Å²) in [6.07, 6.45) is 1.40. The van der Waals surface area contributed by atoms with Crippen molar-refractivity contribution in [3.05, 3.63) is 55.5 Å². The van der Waals surface area contributed by atoms with Gasteiger partial charge >= 0.3 is 0 Å². The van der Waals surface area contributed by atoms with Gasteiger partial charge in [0.25, 0.3) is 0 Å². The lowest BCUT2D eigenvalue weighted by molar-refractivity contribution is 0.429. The molecule has 4 N–H and O–H groups in total. The van der Waals surface area contributed by atoms with Crippen molar-refractivity contribution in [2.45, 2.75) is 38.8 Å². The standard InChI is InChI=1S/C20H24Cl4N2O2/c1-3-25-17(19-13(21)7-11(27)8-14(19)22)5-6-18(26-4-2)20-15(23)9-12(28)10-16(20)24/h7-10,17-18,25-28H,3-6H2,1-2H3. The van der Waals surface area contributed by atoms with Crippen LogP contribution in [0, 0.1) is 0 Å². The normalized spacial score (nSPS) is 13.5. The Balaban J connectivity index is 2.30. The Hall–Kier alpha value is -0.880. The molecule has 0 spiro atoms. The van der Waals surface area contributed by atoms with E-state index >= 15 is 0 Å². The van der Waals surface area contributed by atoms with E-state index in [1.54, 1.807) is 0 Å². The molecule has 0 fully saturated rings. The third-order valence-electron chi connectivity index (χ3n) is 4.47. The van der Waals surface area contributed by atoms with Gasteiger partial charge in [-0.15, -0.1) is 0 Å². The van der Waals surface area contributed by atoms with E-state index in [0.717, 1.165) is 24.2 Å². The van der Waals surface area contributed by atoms with E-state index in [1.165, 1.54) is 24.3 Å². The zero-order valence-electron chi connectivity index (χ0n) is 15.7. The molecule has 2 atom stereocenters. The Kier molecular flexibility index (Phi) is 9.00. The minimum Gasteiger partial charge on any atom is -0.508 e. The van der Waals surface area contributed by atoms with Crippen LogP contribution in [-0.4, -0.2) is 23.3 Å². The van der Waals surface area contributed by atoms with Crippen molar-refractivity contribution in [2.24, 2.45) is 0 Å². The summed E-state index contributed by atoms with van der Waals surface area (Å²) in [5.41, 5.74) is 1.50. The molecule has 28 heavy (non-hydrogen) atoms. The summed E-state index contributed by atoms with van der Waals surface area (Å²) < 4.78 is 0. The van der Waals surface area contributed by atoms with E-state index in [0.29, 0.717) is 32.9 Å². The average molecular weight is 466 g/mol. The van der Waals surface area contributed by atoms with Gasteiger partial charge in [-0.3, -0.25) is 0 Å². The smallest absolute Gasteiger partial charge is 0.118 e. The topological polar surface area (TPSA) is 64.5 Å². The average Bonchev–Trinajstić information content (AvgIpc) is 2.57. The lowest BCUT2D eigenvalue weighted by atomic mass is 9.95. The largest absolute Gasteiger partial charge is 0.508 e. The molecular formula is C20H24Cl4N2O2. The van der Waals surface area contributed by atoms with Gasteiger partial charge in [-0.05, 0) is 50.2 Å². The van der Waals surface area contributed by atoms with E-state index in [2.05, 4.69) is 10.6 Å². The van der Waals surface area contributed by atoms with Gasteiger partial charge in [0, 0.05) is 23.2 Å². The van der Waals surface area contributed by atoms with Crippen LogP contribution >= 0.6 is 46.4 Å². The SMILES string of the molecule is CCNC(CCC(NCC)c1c(Cl)cc(O)cc1Cl)c1c(Cl)cc(O)cc1Cl. The molecular weight excluding hydrogens is 442 g/mol. The predicted octanol–water partition coefficient (Wildman–Crippen LogP) is 6.49. The number of benzene rings is 2. The maximum Gasteiger partial charge on any atom is 0.118 e. The van der Waals surface area contributed by atoms with Crippen molar-refractivity contribution in [2.75, 3.05) is 13.1 Å². The second-order valence-electron chi connectivity index (χ2n) is 6.44. The molecule has 0 bridgehead atoms. The molecule has 0 heterocycles. The summed E-state index contributed by atoms with van der Waals surface area (Å²) in [6.45, 7) is 5.46. The Morgan fingerprint density at radius 3 is 1.21 bits per heavy atom. The quantitative estimate of drug-likeness (QED) is 0.341. The lowest BCUT2D eigenvalue weighted by Gasteiger charge is -2.26. The monoisotopic (exact) mass is 464 g/mol.